The lowest BCUT2D eigenvalue weighted by Gasteiger charge is -2.11. The molecule has 0 radical (unpaired) electrons. The topological polar surface area (TPSA) is 42.0 Å². The van der Waals surface area contributed by atoms with E-state index in [0.717, 1.165) is 40.8 Å². The summed E-state index contributed by atoms with van der Waals surface area (Å²) in [6, 6.07) is 27.9. The highest BCUT2D eigenvalue weighted by molar-refractivity contribution is 14.1. The minimum Gasteiger partial charge on any atom is -0.321 e. The Labute approximate surface area is 185 Å². The molecule has 1 heterocycles. The molecule has 1 N–H and O–H groups in total. The van der Waals surface area contributed by atoms with E-state index in [9.17, 15) is 4.79 Å². The van der Waals surface area contributed by atoms with Crippen LogP contribution in [0.25, 0.3) is 31.6 Å². The number of nitrogens with zero attached hydrogens (tertiary/aromatic N) is 1. The number of nitrogens with one attached hydrogen (secondary N) is 1. The van der Waals surface area contributed by atoms with Crippen molar-refractivity contribution in [2.75, 3.05) is 5.32 Å². The third-order valence-electron chi connectivity index (χ3n) is 4.77. The van der Waals surface area contributed by atoms with Crippen LogP contribution >= 0.6 is 33.9 Å². The fourth-order valence-electron chi connectivity index (χ4n) is 3.31. The maximum absolute atomic E-state index is 13.0. The summed E-state index contributed by atoms with van der Waals surface area (Å²) in [5.41, 5.74) is 3.31. The van der Waals surface area contributed by atoms with Gasteiger partial charge in [0, 0.05) is 14.7 Å². The van der Waals surface area contributed by atoms with Gasteiger partial charge in [0.2, 0.25) is 0 Å². The van der Waals surface area contributed by atoms with Crippen LogP contribution in [0.15, 0.2) is 84.9 Å². The molecule has 0 spiro atoms. The second kappa shape index (κ2) is 7.57. The number of carbonyl (C=O) groups excluding carboxylic acids is 1. The van der Waals surface area contributed by atoms with Gasteiger partial charge in [-0.15, -0.1) is 11.3 Å². The first-order valence-corrected chi connectivity index (χ1v) is 11.0. The van der Waals surface area contributed by atoms with Gasteiger partial charge in [-0.1, -0.05) is 42.5 Å². The van der Waals surface area contributed by atoms with Crippen LogP contribution in [0.1, 0.15) is 10.4 Å². The zero-order valence-corrected chi connectivity index (χ0v) is 18.2. The van der Waals surface area contributed by atoms with E-state index in [1.54, 1.807) is 11.3 Å². The van der Waals surface area contributed by atoms with Gasteiger partial charge in [0.05, 0.1) is 15.9 Å². The van der Waals surface area contributed by atoms with Crippen LogP contribution in [-0.2, 0) is 0 Å². The number of amides is 1. The predicted octanol–water partition coefficient (Wildman–Crippen LogP) is 6.97. The van der Waals surface area contributed by atoms with Crippen molar-refractivity contribution in [1.82, 2.24) is 4.98 Å². The maximum Gasteiger partial charge on any atom is 0.255 e. The maximum atomic E-state index is 13.0. The van der Waals surface area contributed by atoms with E-state index in [4.69, 9.17) is 4.98 Å². The number of fused-ring (bicyclic) bond motifs is 2. The molecule has 5 heteroatoms. The van der Waals surface area contributed by atoms with Crippen molar-refractivity contribution in [2.45, 2.75) is 0 Å². The molecule has 0 fully saturated rings. The summed E-state index contributed by atoms with van der Waals surface area (Å²) in [4.78, 5) is 17.7. The number of aromatic nitrogens is 1. The third kappa shape index (κ3) is 3.63. The first-order valence-electron chi connectivity index (χ1n) is 9.13. The summed E-state index contributed by atoms with van der Waals surface area (Å²) in [5.74, 6) is -0.126. The highest BCUT2D eigenvalue weighted by atomic mass is 127. The first-order chi connectivity index (χ1) is 14.2. The lowest BCUT2D eigenvalue weighted by atomic mass is 10.1. The number of hydrogen-bond acceptors (Lipinski definition) is 3. The third-order valence-corrected chi connectivity index (χ3v) is 6.51. The quantitative estimate of drug-likeness (QED) is 0.269. The van der Waals surface area contributed by atoms with Crippen LogP contribution < -0.4 is 5.32 Å². The van der Waals surface area contributed by atoms with Crippen molar-refractivity contribution in [3.63, 3.8) is 0 Å². The zero-order chi connectivity index (χ0) is 19.8. The largest absolute Gasteiger partial charge is 0.321 e. The van der Waals surface area contributed by atoms with Gasteiger partial charge in [0.25, 0.3) is 5.91 Å². The van der Waals surface area contributed by atoms with Crippen molar-refractivity contribution in [1.29, 1.82) is 0 Å². The van der Waals surface area contributed by atoms with Crippen LogP contribution in [0.3, 0.4) is 0 Å². The molecule has 0 saturated heterocycles. The molecule has 0 aliphatic heterocycles. The van der Waals surface area contributed by atoms with Crippen molar-refractivity contribution in [3.8, 4) is 10.6 Å². The van der Waals surface area contributed by atoms with Gasteiger partial charge in [0.1, 0.15) is 5.01 Å². The fourth-order valence-corrected chi connectivity index (χ4v) is 4.80. The summed E-state index contributed by atoms with van der Waals surface area (Å²) >= 11 is 3.92. The number of halogens is 1. The monoisotopic (exact) mass is 506 g/mol. The van der Waals surface area contributed by atoms with Crippen LogP contribution in [0.4, 0.5) is 5.69 Å². The SMILES string of the molecule is O=C(Nc1ccc(I)cc1-c1nc2ccccc2s1)c1ccc2ccccc2c1. The van der Waals surface area contributed by atoms with Gasteiger partial charge in [-0.05, 0) is 75.8 Å². The Bertz CT molecular complexity index is 1340. The molecule has 5 rings (SSSR count). The normalized spacial score (nSPS) is 11.1. The molecule has 0 aliphatic rings. The van der Waals surface area contributed by atoms with E-state index in [1.165, 1.54) is 0 Å². The lowest BCUT2D eigenvalue weighted by molar-refractivity contribution is 0.102. The highest BCUT2D eigenvalue weighted by Crippen LogP contribution is 2.35. The van der Waals surface area contributed by atoms with Crippen LogP contribution in [0, 0.1) is 3.57 Å². The Hall–Kier alpha value is -2.77. The van der Waals surface area contributed by atoms with Crippen LogP contribution in [0.5, 0.6) is 0 Å². The molecule has 3 nitrogen and oxygen atoms in total. The van der Waals surface area contributed by atoms with E-state index in [2.05, 4.69) is 40.0 Å². The number of rotatable bonds is 3. The molecule has 140 valence electrons. The van der Waals surface area contributed by atoms with Crippen LogP contribution in [0.2, 0.25) is 0 Å². The number of thiazole rings is 1. The molecule has 1 aromatic heterocycles. The van der Waals surface area contributed by atoms with Gasteiger partial charge in [-0.3, -0.25) is 4.79 Å². The average molecular weight is 506 g/mol. The summed E-state index contributed by atoms with van der Waals surface area (Å²) < 4.78 is 2.23. The molecule has 0 atom stereocenters. The fraction of sp³-hybridized carbons (Fsp3) is 0. The Morgan fingerprint density at radius 3 is 2.52 bits per heavy atom. The minimum absolute atomic E-state index is 0.126. The molecule has 5 aromatic rings. The minimum atomic E-state index is -0.126. The van der Waals surface area contributed by atoms with Crippen molar-refractivity contribution in [2.24, 2.45) is 0 Å². The zero-order valence-electron chi connectivity index (χ0n) is 15.2. The smallest absolute Gasteiger partial charge is 0.255 e. The summed E-state index contributed by atoms with van der Waals surface area (Å²) in [5, 5.41) is 6.16. The first kappa shape index (κ1) is 18.3. The summed E-state index contributed by atoms with van der Waals surface area (Å²) in [6.07, 6.45) is 0. The van der Waals surface area contributed by atoms with Gasteiger partial charge >= 0.3 is 0 Å². The molecule has 29 heavy (non-hydrogen) atoms. The standard InChI is InChI=1S/C24H15IN2OS/c25-18-11-12-20(19(14-18)24-27-21-7-3-4-8-22(21)29-24)26-23(28)17-10-9-15-5-1-2-6-16(15)13-17/h1-14H,(H,26,28). The second-order valence-corrected chi connectivity index (χ2v) is 8.97. The van der Waals surface area contributed by atoms with E-state index in [1.807, 2.05) is 72.8 Å². The van der Waals surface area contributed by atoms with E-state index >= 15 is 0 Å². The number of carbonyl (C=O) groups is 1. The van der Waals surface area contributed by atoms with Crippen molar-refractivity contribution < 1.29 is 4.79 Å². The van der Waals surface area contributed by atoms with E-state index in [-0.39, 0.29) is 5.91 Å². The molecule has 0 aliphatic carbocycles. The van der Waals surface area contributed by atoms with Gasteiger partial charge in [0.15, 0.2) is 0 Å². The molecular formula is C24H15IN2OS. The van der Waals surface area contributed by atoms with Gasteiger partial charge in [-0.25, -0.2) is 4.98 Å². The Balaban J connectivity index is 1.53. The predicted molar refractivity (Wildman–Crippen MR) is 130 cm³/mol. The molecule has 1 amide bonds. The number of hydrogen-bond donors (Lipinski definition) is 1. The van der Waals surface area contributed by atoms with Crippen LogP contribution in [-0.4, -0.2) is 10.9 Å². The van der Waals surface area contributed by atoms with Gasteiger partial charge < -0.3 is 5.32 Å². The van der Waals surface area contributed by atoms with Crippen molar-refractivity contribution >= 4 is 66.5 Å². The van der Waals surface area contributed by atoms with E-state index in [0.29, 0.717) is 5.56 Å². The lowest BCUT2D eigenvalue weighted by Crippen LogP contribution is -2.12. The molecule has 0 bridgehead atoms. The average Bonchev–Trinajstić information content (AvgIpc) is 3.18. The molecule has 0 unspecified atom stereocenters. The summed E-state index contributed by atoms with van der Waals surface area (Å²) in [7, 11) is 0. The van der Waals surface area contributed by atoms with E-state index < -0.39 is 0 Å². The van der Waals surface area contributed by atoms with Crippen molar-refractivity contribution in [3.05, 3.63) is 94.1 Å². The molecular weight excluding hydrogens is 491 g/mol. The number of para-hydroxylation sites is 1. The Morgan fingerprint density at radius 1 is 0.862 bits per heavy atom. The Kier molecular flexibility index (Phi) is 4.77. The highest BCUT2D eigenvalue weighted by Gasteiger charge is 2.14. The summed E-state index contributed by atoms with van der Waals surface area (Å²) in [6.45, 7) is 0. The molecule has 0 saturated carbocycles. The molecule has 4 aromatic carbocycles. The number of anilines is 1. The second-order valence-electron chi connectivity index (χ2n) is 6.69. The Morgan fingerprint density at radius 2 is 1.66 bits per heavy atom. The van der Waals surface area contributed by atoms with Gasteiger partial charge in [-0.2, -0.15) is 0 Å². The number of benzene rings is 4.